The monoisotopic (exact) mass is 266 g/mol. The van der Waals surface area contributed by atoms with E-state index in [0.717, 1.165) is 17.3 Å². The van der Waals surface area contributed by atoms with Gasteiger partial charge in [-0.3, -0.25) is 0 Å². The van der Waals surface area contributed by atoms with Crippen molar-refractivity contribution in [3.63, 3.8) is 0 Å². The third-order valence-corrected chi connectivity index (χ3v) is 6.62. The topological polar surface area (TPSA) is 0 Å². The summed E-state index contributed by atoms with van der Waals surface area (Å²) in [5.74, 6) is 2.04. The Kier molecular flexibility index (Phi) is 5.19. The molecule has 19 heavy (non-hydrogen) atoms. The maximum Gasteiger partial charge on any atom is -0.0192 e. The first-order valence-corrected chi connectivity index (χ1v) is 8.68. The zero-order valence-electron chi connectivity index (χ0n) is 14.9. The summed E-state index contributed by atoms with van der Waals surface area (Å²) in [4.78, 5) is 0. The summed E-state index contributed by atoms with van der Waals surface area (Å²) < 4.78 is 0. The van der Waals surface area contributed by atoms with E-state index in [-0.39, 0.29) is 0 Å². The molecule has 2 aliphatic rings. The number of fused-ring (bicyclic) bond motifs is 1. The molecule has 0 radical (unpaired) electrons. The van der Waals surface area contributed by atoms with Crippen molar-refractivity contribution in [2.45, 2.75) is 93.9 Å². The molecule has 0 aromatic carbocycles. The normalized spacial score (nSPS) is 37.6. The zero-order chi connectivity index (χ0) is 14.9. The quantitative estimate of drug-likeness (QED) is 0.531. The predicted octanol–water partition coefficient (Wildman–Crippen LogP) is 6.69. The Morgan fingerprint density at radius 2 is 1.68 bits per heavy atom. The van der Waals surface area contributed by atoms with Gasteiger partial charge in [-0.15, -0.1) is 0 Å². The maximum absolute atomic E-state index is 2.51. The summed E-state index contributed by atoms with van der Waals surface area (Å²) in [5, 5.41) is 0. The first-order chi connectivity index (χ1) is 8.68. The fourth-order valence-electron chi connectivity index (χ4n) is 4.80. The van der Waals surface area contributed by atoms with E-state index < -0.39 is 0 Å². The largest absolute Gasteiger partial charge is 0.0654 e. The van der Waals surface area contributed by atoms with Crippen molar-refractivity contribution < 1.29 is 0 Å². The van der Waals surface area contributed by atoms with E-state index in [9.17, 15) is 0 Å². The molecule has 0 nitrogen and oxygen atoms in total. The van der Waals surface area contributed by atoms with Crippen molar-refractivity contribution in [2.24, 2.45) is 28.1 Å². The highest BCUT2D eigenvalue weighted by Gasteiger charge is 2.74. The van der Waals surface area contributed by atoms with Crippen molar-refractivity contribution in [2.75, 3.05) is 0 Å². The summed E-state index contributed by atoms with van der Waals surface area (Å²) in [6.45, 7) is 19.0. The predicted molar refractivity (Wildman–Crippen MR) is 87.4 cm³/mol. The van der Waals surface area contributed by atoms with Crippen LogP contribution in [0.3, 0.4) is 0 Å². The third-order valence-electron chi connectivity index (χ3n) is 6.62. The molecular formula is C19H38. The van der Waals surface area contributed by atoms with E-state index in [0.29, 0.717) is 10.8 Å². The first kappa shape index (κ1) is 17.1. The highest BCUT2D eigenvalue weighted by molar-refractivity contribution is 5.23. The minimum atomic E-state index is 0.517. The molecule has 4 atom stereocenters. The molecule has 2 aliphatic carbocycles. The molecule has 114 valence electrons. The number of rotatable bonds is 4. The summed E-state index contributed by atoms with van der Waals surface area (Å²) >= 11 is 0. The molecule has 0 N–H and O–H groups in total. The van der Waals surface area contributed by atoms with Gasteiger partial charge in [0, 0.05) is 0 Å². The third kappa shape index (κ3) is 2.88. The molecule has 0 aromatic heterocycles. The fourth-order valence-corrected chi connectivity index (χ4v) is 4.80. The van der Waals surface area contributed by atoms with Crippen LogP contribution in [0.25, 0.3) is 0 Å². The summed E-state index contributed by atoms with van der Waals surface area (Å²) in [6, 6.07) is 0. The molecule has 2 fully saturated rings. The van der Waals surface area contributed by atoms with Crippen LogP contribution >= 0.6 is 0 Å². The second-order valence-electron chi connectivity index (χ2n) is 8.51. The molecule has 0 heterocycles. The smallest absolute Gasteiger partial charge is 0.0192 e. The van der Waals surface area contributed by atoms with Gasteiger partial charge < -0.3 is 0 Å². The Morgan fingerprint density at radius 1 is 1.11 bits per heavy atom. The van der Waals surface area contributed by atoms with Crippen LogP contribution in [0.5, 0.6) is 0 Å². The SMILES string of the molecule is CCC1(C(C)(C)C)CC2CC21C.CCCC(C)CC. The molecule has 0 spiro atoms. The average molecular weight is 267 g/mol. The summed E-state index contributed by atoms with van der Waals surface area (Å²) in [6.07, 6.45) is 8.48. The van der Waals surface area contributed by atoms with Gasteiger partial charge in [-0.05, 0) is 47.3 Å². The number of hydrogen-bond acceptors (Lipinski definition) is 0. The molecule has 0 saturated heterocycles. The van der Waals surface area contributed by atoms with E-state index in [1.54, 1.807) is 0 Å². The second kappa shape index (κ2) is 5.78. The maximum atomic E-state index is 2.51. The van der Waals surface area contributed by atoms with Crippen LogP contribution in [0.4, 0.5) is 0 Å². The zero-order valence-corrected chi connectivity index (χ0v) is 14.9. The molecule has 0 heteroatoms. The molecule has 2 saturated carbocycles. The lowest BCUT2D eigenvalue weighted by atomic mass is 9.48. The van der Waals surface area contributed by atoms with Crippen molar-refractivity contribution >= 4 is 0 Å². The van der Waals surface area contributed by atoms with Gasteiger partial charge in [-0.1, -0.05) is 74.7 Å². The lowest BCUT2D eigenvalue weighted by Gasteiger charge is -2.56. The standard InChI is InChI=1S/C12H22.C7H16/c1-6-12(10(2,3)4)8-9-7-11(9,12)5;1-4-6-7(3)5-2/h9H,6-8H2,1-5H3;7H,4-6H2,1-3H3. The van der Waals surface area contributed by atoms with E-state index in [4.69, 9.17) is 0 Å². The minimum Gasteiger partial charge on any atom is -0.0654 e. The van der Waals surface area contributed by atoms with E-state index in [1.165, 1.54) is 38.5 Å². The van der Waals surface area contributed by atoms with Gasteiger partial charge in [0.25, 0.3) is 0 Å². The van der Waals surface area contributed by atoms with E-state index in [1.807, 2.05) is 0 Å². The highest BCUT2D eigenvalue weighted by Crippen LogP contribution is 2.82. The van der Waals surface area contributed by atoms with Gasteiger partial charge >= 0.3 is 0 Å². The Balaban J connectivity index is 0.000000224. The number of hydrogen-bond donors (Lipinski definition) is 0. The molecule has 0 amide bonds. The Bertz CT molecular complexity index is 278. The van der Waals surface area contributed by atoms with Crippen LogP contribution in [-0.4, -0.2) is 0 Å². The highest BCUT2D eigenvalue weighted by atomic mass is 14.8. The van der Waals surface area contributed by atoms with E-state index >= 15 is 0 Å². The molecule has 0 bridgehead atoms. The van der Waals surface area contributed by atoms with Gasteiger partial charge in [-0.2, -0.15) is 0 Å². The lowest BCUT2D eigenvalue weighted by Crippen LogP contribution is -2.49. The van der Waals surface area contributed by atoms with Crippen LogP contribution in [0.1, 0.15) is 93.9 Å². The van der Waals surface area contributed by atoms with Gasteiger partial charge in [0.2, 0.25) is 0 Å². The van der Waals surface area contributed by atoms with Crippen molar-refractivity contribution in [3.8, 4) is 0 Å². The van der Waals surface area contributed by atoms with Gasteiger partial charge in [0.05, 0.1) is 0 Å². The first-order valence-electron chi connectivity index (χ1n) is 8.68. The Morgan fingerprint density at radius 3 is 1.79 bits per heavy atom. The molecule has 4 unspecified atom stereocenters. The van der Waals surface area contributed by atoms with Crippen LogP contribution in [0.15, 0.2) is 0 Å². The summed E-state index contributed by atoms with van der Waals surface area (Å²) in [7, 11) is 0. The van der Waals surface area contributed by atoms with Crippen LogP contribution < -0.4 is 0 Å². The van der Waals surface area contributed by atoms with Crippen molar-refractivity contribution in [3.05, 3.63) is 0 Å². The van der Waals surface area contributed by atoms with Crippen LogP contribution in [0, 0.1) is 28.1 Å². The van der Waals surface area contributed by atoms with Gasteiger partial charge in [-0.25, -0.2) is 0 Å². The molecule has 0 aliphatic heterocycles. The van der Waals surface area contributed by atoms with Crippen molar-refractivity contribution in [1.29, 1.82) is 0 Å². The fraction of sp³-hybridized carbons (Fsp3) is 1.00. The van der Waals surface area contributed by atoms with Crippen LogP contribution in [-0.2, 0) is 0 Å². The minimum absolute atomic E-state index is 0.517. The van der Waals surface area contributed by atoms with Gasteiger partial charge in [0.15, 0.2) is 0 Å². The van der Waals surface area contributed by atoms with Gasteiger partial charge in [0.1, 0.15) is 0 Å². The average Bonchev–Trinajstić information content (AvgIpc) is 2.85. The van der Waals surface area contributed by atoms with E-state index in [2.05, 4.69) is 55.4 Å². The molecule has 0 aromatic rings. The lowest BCUT2D eigenvalue weighted by molar-refractivity contribution is -0.0796. The Labute approximate surface area is 122 Å². The van der Waals surface area contributed by atoms with Crippen molar-refractivity contribution in [1.82, 2.24) is 0 Å². The second-order valence-corrected chi connectivity index (χ2v) is 8.51. The molecule has 2 rings (SSSR count). The summed E-state index contributed by atoms with van der Waals surface area (Å²) in [5.41, 5.74) is 1.92. The van der Waals surface area contributed by atoms with Crippen LogP contribution in [0.2, 0.25) is 0 Å². The molecular weight excluding hydrogens is 228 g/mol. The Hall–Kier alpha value is 0.